The van der Waals surface area contributed by atoms with Crippen LogP contribution in [-0.4, -0.2) is 57.2 Å². The van der Waals surface area contributed by atoms with Crippen LogP contribution in [0.3, 0.4) is 0 Å². The van der Waals surface area contributed by atoms with Gasteiger partial charge in [-0.15, -0.1) is 0 Å². The van der Waals surface area contributed by atoms with E-state index in [1.54, 1.807) is 0 Å². The molecule has 0 aliphatic heterocycles. The first-order valence-corrected chi connectivity index (χ1v) is 9.58. The van der Waals surface area contributed by atoms with E-state index in [2.05, 4.69) is 12.2 Å². The Balaban J connectivity index is 0. The zero-order valence-electron chi connectivity index (χ0n) is 16.7. The monoisotopic (exact) mass is 378 g/mol. The normalized spacial score (nSPS) is 10.9. The fourth-order valence-electron chi connectivity index (χ4n) is 2.49. The number of hydrogen-bond donors (Lipinski definition) is 1. The molecular weight excluding hydrogens is 340 g/mol. The number of quaternary nitrogens is 1. The van der Waals surface area contributed by atoms with Gasteiger partial charge in [0.05, 0.1) is 27.7 Å². The topological polar surface area (TPSA) is 55.4 Å². The third-order valence-electron chi connectivity index (χ3n) is 3.79. The third kappa shape index (κ3) is 21.1. The van der Waals surface area contributed by atoms with E-state index in [-0.39, 0.29) is 30.9 Å². The molecule has 1 amide bonds. The van der Waals surface area contributed by atoms with Crippen LogP contribution < -0.4 is 17.7 Å². The van der Waals surface area contributed by atoms with E-state index in [0.29, 0.717) is 24.0 Å². The molecule has 0 aromatic heterocycles. The molecule has 0 aromatic carbocycles. The summed E-state index contributed by atoms with van der Waals surface area (Å²) in [6.45, 7) is 3.31. The second kappa shape index (κ2) is 16.6. The molecule has 0 saturated heterocycles. The maximum atomic E-state index is 11.6. The van der Waals surface area contributed by atoms with Crippen molar-refractivity contribution < 1.29 is 31.2 Å². The maximum absolute atomic E-state index is 11.6. The van der Waals surface area contributed by atoms with Gasteiger partial charge in [0, 0.05) is 6.42 Å². The molecule has 25 heavy (non-hydrogen) atoms. The molecule has 0 heterocycles. The average Bonchev–Trinajstić information content (AvgIpc) is 2.48. The number of amides is 1. The van der Waals surface area contributed by atoms with Gasteiger partial charge in [-0.1, -0.05) is 58.3 Å². The number of esters is 1. The van der Waals surface area contributed by atoms with Crippen molar-refractivity contribution in [2.75, 3.05) is 40.8 Å². The van der Waals surface area contributed by atoms with Gasteiger partial charge < -0.3 is 26.9 Å². The highest BCUT2D eigenvalue weighted by molar-refractivity contribution is 5.77. The van der Waals surface area contributed by atoms with Crippen molar-refractivity contribution in [2.45, 2.75) is 71.1 Å². The molecule has 0 unspecified atom stereocenters. The molecule has 0 atom stereocenters. The van der Waals surface area contributed by atoms with Gasteiger partial charge in [0.1, 0.15) is 6.61 Å². The van der Waals surface area contributed by atoms with Crippen molar-refractivity contribution in [2.24, 2.45) is 0 Å². The van der Waals surface area contributed by atoms with Gasteiger partial charge in [-0.2, -0.15) is 0 Å². The Morgan fingerprint density at radius 3 is 1.92 bits per heavy atom. The standard InChI is InChI=1S/C19H38N2O3.ClH/c1-5-6-7-8-9-10-11-12-13-14-19(23)24-16-15-20-18(22)17-21(2,3)4;/h5-17H2,1-4H3;1H. The van der Waals surface area contributed by atoms with Crippen LogP contribution in [0.2, 0.25) is 0 Å². The maximum Gasteiger partial charge on any atom is 0.305 e. The van der Waals surface area contributed by atoms with Crippen molar-refractivity contribution in [3.05, 3.63) is 0 Å². The molecule has 150 valence electrons. The van der Waals surface area contributed by atoms with Gasteiger partial charge in [0.15, 0.2) is 6.54 Å². The molecule has 1 N–H and O–H groups in total. The molecule has 0 radical (unpaired) electrons. The zero-order chi connectivity index (χ0) is 18.3. The van der Waals surface area contributed by atoms with Crippen molar-refractivity contribution in [3.63, 3.8) is 0 Å². The molecule has 0 aliphatic carbocycles. The Labute approximate surface area is 160 Å². The van der Waals surface area contributed by atoms with Gasteiger partial charge in [-0.05, 0) is 6.42 Å². The number of hydrogen-bond acceptors (Lipinski definition) is 3. The molecular formula is C19H39ClN2O3. The molecule has 0 saturated carbocycles. The fraction of sp³-hybridized carbons (Fsp3) is 0.895. The van der Waals surface area contributed by atoms with Crippen molar-refractivity contribution in [3.8, 4) is 0 Å². The summed E-state index contributed by atoms with van der Waals surface area (Å²) in [5.41, 5.74) is 0. The lowest BCUT2D eigenvalue weighted by atomic mass is 10.1. The first kappa shape index (κ1) is 26.4. The van der Waals surface area contributed by atoms with E-state index in [1.165, 1.54) is 44.9 Å². The van der Waals surface area contributed by atoms with Crippen LogP contribution in [0.15, 0.2) is 0 Å². The lowest BCUT2D eigenvalue weighted by Gasteiger charge is -2.22. The predicted octanol–water partition coefficient (Wildman–Crippen LogP) is 0.277. The summed E-state index contributed by atoms with van der Waals surface area (Å²) in [6.07, 6.45) is 11.6. The lowest BCUT2D eigenvalue weighted by molar-refractivity contribution is -0.862. The SMILES string of the molecule is CCCCCCCCCCCC(=O)OCCNC(=O)C[N+](C)(C)C.[Cl-]. The average molecular weight is 379 g/mol. The van der Waals surface area contributed by atoms with Gasteiger partial charge in [0.2, 0.25) is 0 Å². The first-order chi connectivity index (χ1) is 11.3. The Morgan fingerprint density at radius 2 is 1.40 bits per heavy atom. The number of carbonyl (C=O) groups is 2. The molecule has 0 spiro atoms. The largest absolute Gasteiger partial charge is 1.00 e. The zero-order valence-corrected chi connectivity index (χ0v) is 17.5. The highest BCUT2D eigenvalue weighted by Crippen LogP contribution is 2.10. The Morgan fingerprint density at radius 1 is 0.880 bits per heavy atom. The van der Waals surface area contributed by atoms with Gasteiger partial charge in [0.25, 0.3) is 5.91 Å². The van der Waals surface area contributed by atoms with Crippen LogP contribution in [0.5, 0.6) is 0 Å². The molecule has 5 nitrogen and oxygen atoms in total. The quantitative estimate of drug-likeness (QED) is 0.253. The summed E-state index contributed by atoms with van der Waals surface area (Å²) < 4.78 is 5.72. The number of unbranched alkanes of at least 4 members (excludes halogenated alkanes) is 8. The van der Waals surface area contributed by atoms with Crippen LogP contribution in [-0.2, 0) is 14.3 Å². The predicted molar refractivity (Wildman–Crippen MR) is 98.7 cm³/mol. The van der Waals surface area contributed by atoms with Crippen LogP contribution in [0.1, 0.15) is 71.1 Å². The summed E-state index contributed by atoms with van der Waals surface area (Å²) >= 11 is 0. The smallest absolute Gasteiger partial charge is 0.305 e. The Bertz CT molecular complexity index is 344. The molecule has 0 bridgehead atoms. The molecule has 6 heteroatoms. The highest BCUT2D eigenvalue weighted by atomic mass is 35.5. The van der Waals surface area contributed by atoms with E-state index in [1.807, 2.05) is 21.1 Å². The Kier molecular flexibility index (Phi) is 17.6. The van der Waals surface area contributed by atoms with Crippen molar-refractivity contribution in [1.29, 1.82) is 0 Å². The second-order valence-electron chi connectivity index (χ2n) is 7.60. The number of nitrogens with one attached hydrogen (secondary N) is 1. The van der Waals surface area contributed by atoms with Gasteiger partial charge >= 0.3 is 5.97 Å². The van der Waals surface area contributed by atoms with Crippen LogP contribution in [0, 0.1) is 0 Å². The molecule has 0 rings (SSSR count). The van der Waals surface area contributed by atoms with Crippen LogP contribution in [0.4, 0.5) is 0 Å². The van der Waals surface area contributed by atoms with E-state index in [9.17, 15) is 9.59 Å². The second-order valence-corrected chi connectivity index (χ2v) is 7.60. The van der Waals surface area contributed by atoms with E-state index in [0.717, 1.165) is 12.8 Å². The first-order valence-electron chi connectivity index (χ1n) is 9.58. The molecule has 0 aliphatic rings. The number of nitrogens with zero attached hydrogens (tertiary/aromatic N) is 1. The van der Waals surface area contributed by atoms with Gasteiger partial charge in [-0.3, -0.25) is 9.59 Å². The number of rotatable bonds is 15. The summed E-state index contributed by atoms with van der Waals surface area (Å²) in [5.74, 6) is -0.170. The van der Waals surface area contributed by atoms with E-state index >= 15 is 0 Å². The summed E-state index contributed by atoms with van der Waals surface area (Å²) in [7, 11) is 5.89. The lowest BCUT2D eigenvalue weighted by Crippen LogP contribution is -3.00. The van der Waals surface area contributed by atoms with Gasteiger partial charge in [-0.25, -0.2) is 0 Å². The summed E-state index contributed by atoms with van der Waals surface area (Å²) in [5, 5.41) is 2.77. The summed E-state index contributed by atoms with van der Waals surface area (Å²) in [4.78, 5) is 23.2. The van der Waals surface area contributed by atoms with E-state index < -0.39 is 0 Å². The third-order valence-corrected chi connectivity index (χ3v) is 3.79. The van der Waals surface area contributed by atoms with Crippen LogP contribution in [0.25, 0.3) is 0 Å². The number of halogens is 1. The highest BCUT2D eigenvalue weighted by Gasteiger charge is 2.13. The van der Waals surface area contributed by atoms with Crippen molar-refractivity contribution in [1.82, 2.24) is 5.32 Å². The number of likely N-dealkylation sites (N-methyl/N-ethyl adjacent to an activating group) is 1. The van der Waals surface area contributed by atoms with E-state index in [4.69, 9.17) is 4.74 Å². The summed E-state index contributed by atoms with van der Waals surface area (Å²) in [6, 6.07) is 0. The van der Waals surface area contributed by atoms with Crippen LogP contribution >= 0.6 is 0 Å². The molecule has 0 fully saturated rings. The minimum absolute atomic E-state index is 0. The number of ether oxygens (including phenoxy) is 1. The molecule has 0 aromatic rings. The minimum Gasteiger partial charge on any atom is -1.00 e. The Hall–Kier alpha value is -0.810. The van der Waals surface area contributed by atoms with Crippen molar-refractivity contribution >= 4 is 11.9 Å². The fourth-order valence-corrected chi connectivity index (χ4v) is 2.49. The minimum atomic E-state index is -0.154. The number of carbonyl (C=O) groups excluding carboxylic acids is 2.